The summed E-state index contributed by atoms with van der Waals surface area (Å²) in [5, 5.41) is -2.62. The lowest BCUT2D eigenvalue weighted by Crippen LogP contribution is -2.31. The molecule has 1 N–H and O–H groups in total. The molecular formula is C6H7FO3S. The Kier molecular flexibility index (Phi) is 1.85. The highest BCUT2D eigenvalue weighted by molar-refractivity contribution is 7.87. The van der Waals surface area contributed by atoms with Gasteiger partial charge in [0.05, 0.1) is 0 Å². The van der Waals surface area contributed by atoms with Crippen LogP contribution in [0.1, 0.15) is 6.42 Å². The molecule has 0 radical (unpaired) electrons. The third kappa shape index (κ3) is 1.49. The Hall–Kier alpha value is -0.680. The highest BCUT2D eigenvalue weighted by Gasteiger charge is 2.40. The smallest absolute Gasteiger partial charge is 0.283 e. The van der Waals surface area contributed by atoms with Gasteiger partial charge >= 0.3 is 10.1 Å². The zero-order valence-electron chi connectivity index (χ0n) is 5.57. The molecule has 1 aliphatic carbocycles. The van der Waals surface area contributed by atoms with Gasteiger partial charge in [-0.2, -0.15) is 8.42 Å². The summed E-state index contributed by atoms with van der Waals surface area (Å²) in [7, 11) is -4.63. The van der Waals surface area contributed by atoms with Crippen LogP contribution in [0.25, 0.3) is 0 Å². The quantitative estimate of drug-likeness (QED) is 0.611. The minimum Gasteiger partial charge on any atom is -0.283 e. The van der Waals surface area contributed by atoms with Crippen molar-refractivity contribution < 1.29 is 17.4 Å². The van der Waals surface area contributed by atoms with E-state index in [2.05, 4.69) is 0 Å². The lowest BCUT2D eigenvalue weighted by atomic mass is 10.1. The second kappa shape index (κ2) is 2.42. The summed E-state index contributed by atoms with van der Waals surface area (Å²) >= 11 is 0. The zero-order valence-corrected chi connectivity index (χ0v) is 6.38. The van der Waals surface area contributed by atoms with Gasteiger partial charge in [-0.25, -0.2) is 4.39 Å². The van der Waals surface area contributed by atoms with Crippen molar-refractivity contribution in [2.24, 2.45) is 0 Å². The summed E-state index contributed by atoms with van der Waals surface area (Å²) in [5.41, 5.74) is 0. The molecule has 1 aliphatic rings. The van der Waals surface area contributed by atoms with Crippen molar-refractivity contribution in [3.8, 4) is 0 Å². The summed E-state index contributed by atoms with van der Waals surface area (Å²) in [4.78, 5) is 0. The first-order valence-electron chi connectivity index (χ1n) is 2.96. The SMILES string of the molecule is O=S(=O)(O)C1(F)C=CC=CC1. The molecule has 3 nitrogen and oxygen atoms in total. The Morgan fingerprint density at radius 3 is 2.36 bits per heavy atom. The van der Waals surface area contributed by atoms with E-state index in [1.54, 1.807) is 0 Å². The molecule has 0 spiro atoms. The molecule has 0 aromatic heterocycles. The van der Waals surface area contributed by atoms with Crippen LogP contribution in [0.3, 0.4) is 0 Å². The lowest BCUT2D eigenvalue weighted by molar-refractivity contribution is 0.300. The van der Waals surface area contributed by atoms with Gasteiger partial charge in [0, 0.05) is 6.42 Å². The molecule has 62 valence electrons. The summed E-state index contributed by atoms with van der Waals surface area (Å²) in [6.45, 7) is 0. The Morgan fingerprint density at radius 1 is 1.45 bits per heavy atom. The van der Waals surface area contributed by atoms with Crippen molar-refractivity contribution in [3.63, 3.8) is 0 Å². The molecule has 0 saturated heterocycles. The number of allylic oxidation sites excluding steroid dienone is 3. The largest absolute Gasteiger partial charge is 0.304 e. The van der Waals surface area contributed by atoms with Crippen LogP contribution in [0.4, 0.5) is 4.39 Å². The second-order valence-corrected chi connectivity index (χ2v) is 3.88. The van der Waals surface area contributed by atoms with Crippen LogP contribution in [0.2, 0.25) is 0 Å². The first-order chi connectivity index (χ1) is 4.96. The van der Waals surface area contributed by atoms with Crippen LogP contribution >= 0.6 is 0 Å². The van der Waals surface area contributed by atoms with E-state index < -0.39 is 15.1 Å². The Bertz CT molecular complexity index is 304. The van der Waals surface area contributed by atoms with Crippen LogP contribution in [-0.4, -0.2) is 18.0 Å². The Morgan fingerprint density at radius 2 is 2.09 bits per heavy atom. The third-order valence-corrected chi connectivity index (χ3v) is 2.58. The van der Waals surface area contributed by atoms with Gasteiger partial charge in [-0.05, 0) is 6.08 Å². The molecule has 0 aliphatic heterocycles. The number of alkyl halides is 1. The van der Waals surface area contributed by atoms with E-state index in [9.17, 15) is 12.8 Å². The molecule has 0 bridgehead atoms. The van der Waals surface area contributed by atoms with Gasteiger partial charge in [-0.1, -0.05) is 18.2 Å². The van der Waals surface area contributed by atoms with Crippen molar-refractivity contribution in [1.82, 2.24) is 0 Å². The fraction of sp³-hybridized carbons (Fsp3) is 0.333. The molecule has 11 heavy (non-hydrogen) atoms. The van der Waals surface area contributed by atoms with Gasteiger partial charge in [0.2, 0.25) is 0 Å². The Labute approximate surface area is 64.0 Å². The van der Waals surface area contributed by atoms with E-state index in [1.165, 1.54) is 18.2 Å². The van der Waals surface area contributed by atoms with Crippen molar-refractivity contribution >= 4 is 10.1 Å². The van der Waals surface area contributed by atoms with E-state index in [4.69, 9.17) is 4.55 Å². The summed E-state index contributed by atoms with van der Waals surface area (Å²) in [6, 6.07) is 0. The standard InChI is InChI=1S/C6H7FO3S/c7-6(11(8,9)10)4-2-1-3-5-6/h1-4H,5H2,(H,8,9,10). The zero-order chi connectivity index (χ0) is 8.54. The molecule has 0 fully saturated rings. The van der Waals surface area contributed by atoms with E-state index in [1.807, 2.05) is 0 Å². The van der Waals surface area contributed by atoms with E-state index in [0.29, 0.717) is 0 Å². The summed E-state index contributed by atoms with van der Waals surface area (Å²) in [6.07, 6.45) is 4.60. The van der Waals surface area contributed by atoms with E-state index in [-0.39, 0.29) is 6.42 Å². The van der Waals surface area contributed by atoms with Gasteiger partial charge in [-0.3, -0.25) is 4.55 Å². The number of hydrogen-bond donors (Lipinski definition) is 1. The topological polar surface area (TPSA) is 54.4 Å². The van der Waals surface area contributed by atoms with Crippen LogP contribution in [0, 0.1) is 0 Å². The highest BCUT2D eigenvalue weighted by Crippen LogP contribution is 2.27. The number of hydrogen-bond acceptors (Lipinski definition) is 2. The minimum absolute atomic E-state index is 0.331. The fourth-order valence-electron chi connectivity index (χ4n) is 0.766. The maximum atomic E-state index is 13.1. The molecule has 0 amide bonds. The summed E-state index contributed by atoms with van der Waals surface area (Å²) in [5.74, 6) is 0. The second-order valence-electron chi connectivity index (χ2n) is 2.25. The van der Waals surface area contributed by atoms with Gasteiger partial charge in [-0.15, -0.1) is 0 Å². The maximum Gasteiger partial charge on any atom is 0.304 e. The highest BCUT2D eigenvalue weighted by atomic mass is 32.2. The molecule has 5 heteroatoms. The average Bonchev–Trinajstić information content (AvgIpc) is 1.87. The third-order valence-electron chi connectivity index (χ3n) is 1.42. The molecule has 1 rings (SSSR count). The van der Waals surface area contributed by atoms with Crippen LogP contribution in [0.5, 0.6) is 0 Å². The van der Waals surface area contributed by atoms with Crippen LogP contribution in [0.15, 0.2) is 24.3 Å². The molecule has 1 atom stereocenters. The predicted molar refractivity (Wildman–Crippen MR) is 38.3 cm³/mol. The first-order valence-corrected chi connectivity index (χ1v) is 4.40. The fourth-order valence-corrected chi connectivity index (χ4v) is 1.32. The van der Waals surface area contributed by atoms with Crippen molar-refractivity contribution in [3.05, 3.63) is 24.3 Å². The molecule has 0 saturated carbocycles. The molecule has 1 unspecified atom stereocenters. The average molecular weight is 178 g/mol. The molecule has 0 heterocycles. The van der Waals surface area contributed by atoms with Crippen molar-refractivity contribution in [2.45, 2.75) is 11.4 Å². The Balaban J connectivity index is 3.04. The first kappa shape index (κ1) is 8.42. The number of halogens is 1. The molecule has 0 aromatic rings. The van der Waals surface area contributed by atoms with Gasteiger partial charge in [0.15, 0.2) is 0 Å². The predicted octanol–water partition coefficient (Wildman–Crippen LogP) is 1.06. The van der Waals surface area contributed by atoms with Gasteiger partial charge in [0.25, 0.3) is 5.00 Å². The van der Waals surface area contributed by atoms with Crippen LogP contribution in [-0.2, 0) is 10.1 Å². The molecule has 0 aromatic carbocycles. The molecular weight excluding hydrogens is 171 g/mol. The van der Waals surface area contributed by atoms with Crippen molar-refractivity contribution in [1.29, 1.82) is 0 Å². The lowest BCUT2D eigenvalue weighted by Gasteiger charge is -2.17. The normalized spacial score (nSPS) is 30.7. The van der Waals surface area contributed by atoms with Crippen molar-refractivity contribution in [2.75, 3.05) is 0 Å². The number of rotatable bonds is 1. The van der Waals surface area contributed by atoms with Crippen LogP contribution < -0.4 is 0 Å². The van der Waals surface area contributed by atoms with E-state index in [0.717, 1.165) is 6.08 Å². The van der Waals surface area contributed by atoms with E-state index >= 15 is 0 Å². The monoisotopic (exact) mass is 178 g/mol. The summed E-state index contributed by atoms with van der Waals surface area (Å²) < 4.78 is 42.3. The van der Waals surface area contributed by atoms with Gasteiger partial charge in [0.1, 0.15) is 0 Å². The maximum absolute atomic E-state index is 13.1. The van der Waals surface area contributed by atoms with Gasteiger partial charge < -0.3 is 0 Å². The minimum atomic E-state index is -4.63.